The van der Waals surface area contributed by atoms with Crippen LogP contribution in [0.25, 0.3) is 0 Å². The number of nitrogens with zero attached hydrogens (tertiary/aromatic N) is 2. The van der Waals surface area contributed by atoms with Crippen LogP contribution in [0, 0.1) is 40.4 Å². The van der Waals surface area contributed by atoms with E-state index in [2.05, 4.69) is 17.5 Å². The number of ether oxygens (including phenoxy) is 1. The molecule has 6 heteroatoms. The molecule has 0 aromatic carbocycles. The molecule has 4 aliphatic carbocycles. The third-order valence-electron chi connectivity index (χ3n) is 10.3. The van der Waals surface area contributed by atoms with E-state index in [1.807, 2.05) is 14.0 Å². The third kappa shape index (κ3) is 3.48. The van der Waals surface area contributed by atoms with Gasteiger partial charge < -0.3 is 9.84 Å². The van der Waals surface area contributed by atoms with Gasteiger partial charge in [-0.05, 0) is 99.2 Å². The molecule has 0 spiro atoms. The topological polar surface area (TPSA) is 74.2 Å². The van der Waals surface area contributed by atoms with Gasteiger partial charge in [-0.3, -0.25) is 4.79 Å². The summed E-state index contributed by atoms with van der Waals surface area (Å²) in [5.41, 5.74) is 4.63. The van der Waals surface area contributed by atoms with E-state index < -0.39 is 0 Å². The average molecular weight is 432 g/mol. The van der Waals surface area contributed by atoms with Crippen molar-refractivity contribution in [1.82, 2.24) is 10.5 Å². The number of carbonyl (C=O) groups is 1. The predicted octanol–water partition coefficient (Wildman–Crippen LogP) is 3.40. The normalized spacial score (nSPS) is 46.8. The molecular weight excluding hydrogens is 390 g/mol. The lowest BCUT2D eigenvalue weighted by Gasteiger charge is -2.61. The van der Waals surface area contributed by atoms with Gasteiger partial charge in [0.2, 0.25) is 0 Å². The summed E-state index contributed by atoms with van der Waals surface area (Å²) in [6, 6.07) is 0. The van der Waals surface area contributed by atoms with Gasteiger partial charge in [-0.25, -0.2) is 10.5 Å². The zero-order chi connectivity index (χ0) is 21.8. The van der Waals surface area contributed by atoms with E-state index in [1.54, 1.807) is 5.12 Å². The summed E-state index contributed by atoms with van der Waals surface area (Å²) in [5, 5.41) is 16.6. The number of hydrazone groups is 1. The lowest BCUT2D eigenvalue weighted by molar-refractivity contribution is -0.161. The summed E-state index contributed by atoms with van der Waals surface area (Å²) in [7, 11) is 1.86. The molecule has 1 heterocycles. The van der Waals surface area contributed by atoms with Crippen LogP contribution in [0.5, 0.6) is 0 Å². The Bertz CT molecular complexity index is 742. The molecule has 1 unspecified atom stereocenters. The first-order valence-electron chi connectivity index (χ1n) is 12.6. The fourth-order valence-electron chi connectivity index (χ4n) is 8.94. The van der Waals surface area contributed by atoms with Gasteiger partial charge >= 0.3 is 0 Å². The molecule has 5 rings (SSSR count). The van der Waals surface area contributed by atoms with Gasteiger partial charge in [0.1, 0.15) is 6.54 Å². The number of hydrogen-bond acceptors (Lipinski definition) is 6. The molecule has 0 amide bonds. The number of carbonyl (C=O) groups excluding carboxylic acids is 1. The zero-order valence-electron chi connectivity index (χ0n) is 19.6. The standard InChI is InChI=1S/C25H41N3O3/c1-16-13-26-28(27-16)14-23(30)22-7-6-20-19-5-4-17-12-18(29)8-11-25(17,15-31-3)21(19)9-10-24(20,22)2/h17-22,26,29H,4-15H2,1-3H3/t17-,18+,19-,20-,21?,22+,24-,25+/m0/s1. The van der Waals surface area contributed by atoms with Crippen molar-refractivity contribution in [3.63, 3.8) is 0 Å². The smallest absolute Gasteiger partial charge is 0.159 e. The first-order chi connectivity index (χ1) is 14.9. The van der Waals surface area contributed by atoms with Gasteiger partial charge in [0.05, 0.1) is 25.0 Å². The van der Waals surface area contributed by atoms with Gasteiger partial charge in [-0.1, -0.05) is 6.92 Å². The van der Waals surface area contributed by atoms with Gasteiger partial charge in [-0.15, -0.1) is 0 Å². The molecule has 4 fully saturated rings. The summed E-state index contributed by atoms with van der Waals surface area (Å²) >= 11 is 0. The molecule has 0 aromatic rings. The van der Waals surface area contributed by atoms with Gasteiger partial charge in [0, 0.05) is 13.0 Å². The molecule has 0 aromatic heterocycles. The molecule has 174 valence electrons. The number of aliphatic hydroxyl groups excluding tert-OH is 1. The monoisotopic (exact) mass is 431 g/mol. The van der Waals surface area contributed by atoms with Crippen LogP contribution in [0.3, 0.4) is 0 Å². The molecule has 4 saturated carbocycles. The molecule has 0 bridgehead atoms. The zero-order valence-corrected chi connectivity index (χ0v) is 19.6. The van der Waals surface area contributed by atoms with Crippen LogP contribution in [0.2, 0.25) is 0 Å². The van der Waals surface area contributed by atoms with E-state index in [4.69, 9.17) is 4.74 Å². The number of aliphatic hydroxyl groups is 1. The quantitative estimate of drug-likeness (QED) is 0.698. The molecule has 0 saturated heterocycles. The van der Waals surface area contributed by atoms with Crippen LogP contribution < -0.4 is 5.43 Å². The first kappa shape index (κ1) is 21.8. The van der Waals surface area contributed by atoms with E-state index in [1.165, 1.54) is 25.7 Å². The number of methoxy groups -OCH3 is 1. The Hall–Kier alpha value is -0.980. The van der Waals surface area contributed by atoms with E-state index in [-0.39, 0.29) is 22.9 Å². The Morgan fingerprint density at radius 2 is 2.03 bits per heavy atom. The minimum absolute atomic E-state index is 0.126. The summed E-state index contributed by atoms with van der Waals surface area (Å²) < 4.78 is 5.84. The van der Waals surface area contributed by atoms with Gasteiger partial charge in [0.15, 0.2) is 5.78 Å². The maximum Gasteiger partial charge on any atom is 0.159 e. The van der Waals surface area contributed by atoms with Crippen molar-refractivity contribution in [2.45, 2.75) is 77.7 Å². The number of rotatable bonds is 5. The Morgan fingerprint density at radius 3 is 2.77 bits per heavy atom. The Balaban J connectivity index is 1.35. The molecular formula is C25H41N3O3. The van der Waals surface area contributed by atoms with Crippen molar-refractivity contribution < 1.29 is 14.6 Å². The second-order valence-electron chi connectivity index (χ2n) is 11.6. The van der Waals surface area contributed by atoms with Crippen molar-refractivity contribution in [3.8, 4) is 0 Å². The fraction of sp³-hybridized carbons (Fsp3) is 0.920. The summed E-state index contributed by atoms with van der Waals surface area (Å²) in [6.07, 6.45) is 9.97. The van der Waals surface area contributed by atoms with E-state index in [0.717, 1.165) is 51.0 Å². The molecule has 31 heavy (non-hydrogen) atoms. The number of nitrogens with one attached hydrogen (secondary N) is 1. The van der Waals surface area contributed by atoms with Crippen LogP contribution in [-0.2, 0) is 9.53 Å². The molecule has 5 aliphatic rings. The molecule has 2 N–H and O–H groups in total. The number of hydrogen-bond donors (Lipinski definition) is 2. The molecule has 0 radical (unpaired) electrons. The van der Waals surface area contributed by atoms with Crippen LogP contribution in [-0.4, -0.2) is 54.6 Å². The molecule has 1 aliphatic heterocycles. The van der Waals surface area contributed by atoms with Crippen molar-refractivity contribution in [2.24, 2.45) is 45.5 Å². The SMILES string of the molecule is COC[C@]12CC[C@@H](O)C[C@@H]1CC[C@@H]1C2CC[C@]2(C)[C@@H](C(=O)CN3N=C(C)CN3)CC[C@@H]12. The second kappa shape index (κ2) is 8.11. The Morgan fingerprint density at radius 1 is 1.19 bits per heavy atom. The minimum atomic E-state index is -0.126. The molecule has 8 atom stereocenters. The summed E-state index contributed by atoms with van der Waals surface area (Å²) in [6.45, 7) is 6.41. The van der Waals surface area contributed by atoms with Crippen molar-refractivity contribution in [3.05, 3.63) is 0 Å². The molecule has 6 nitrogen and oxygen atoms in total. The highest BCUT2D eigenvalue weighted by Crippen LogP contribution is 2.67. The lowest BCUT2D eigenvalue weighted by atomic mass is 9.44. The van der Waals surface area contributed by atoms with Crippen molar-refractivity contribution in [2.75, 3.05) is 26.8 Å². The van der Waals surface area contributed by atoms with Crippen molar-refractivity contribution in [1.29, 1.82) is 0 Å². The maximum atomic E-state index is 13.4. The Labute approximate surface area is 187 Å². The van der Waals surface area contributed by atoms with Crippen LogP contribution in [0.4, 0.5) is 0 Å². The number of fused-ring (bicyclic) bond motifs is 5. The average Bonchev–Trinajstić information content (AvgIpc) is 3.30. The van der Waals surface area contributed by atoms with Crippen LogP contribution in [0.15, 0.2) is 5.10 Å². The van der Waals surface area contributed by atoms with E-state index >= 15 is 0 Å². The second-order valence-corrected chi connectivity index (χ2v) is 11.6. The van der Waals surface area contributed by atoms with E-state index in [9.17, 15) is 9.90 Å². The number of hydrazine groups is 1. The summed E-state index contributed by atoms with van der Waals surface area (Å²) in [5.74, 6) is 3.19. The third-order valence-corrected chi connectivity index (χ3v) is 10.3. The van der Waals surface area contributed by atoms with Crippen molar-refractivity contribution >= 4 is 11.5 Å². The van der Waals surface area contributed by atoms with Crippen LogP contribution in [0.1, 0.15) is 71.6 Å². The fourth-order valence-corrected chi connectivity index (χ4v) is 8.94. The largest absolute Gasteiger partial charge is 0.393 e. The highest BCUT2D eigenvalue weighted by Gasteiger charge is 2.62. The first-order valence-corrected chi connectivity index (χ1v) is 12.6. The predicted molar refractivity (Wildman–Crippen MR) is 120 cm³/mol. The highest BCUT2D eigenvalue weighted by atomic mass is 16.5. The summed E-state index contributed by atoms with van der Waals surface area (Å²) in [4.78, 5) is 13.4. The minimum Gasteiger partial charge on any atom is -0.393 e. The van der Waals surface area contributed by atoms with Crippen LogP contribution >= 0.6 is 0 Å². The Kier molecular flexibility index (Phi) is 5.71. The number of ketones is 1. The maximum absolute atomic E-state index is 13.4. The van der Waals surface area contributed by atoms with Gasteiger partial charge in [0.25, 0.3) is 0 Å². The number of Topliss-reactive ketones (excluding diaryl/α,β-unsaturated/α-hetero) is 1. The van der Waals surface area contributed by atoms with E-state index in [0.29, 0.717) is 36.0 Å². The highest BCUT2D eigenvalue weighted by molar-refractivity contribution is 5.87. The van der Waals surface area contributed by atoms with Gasteiger partial charge in [-0.2, -0.15) is 5.10 Å². The lowest BCUT2D eigenvalue weighted by Crippen LogP contribution is -2.57.